The lowest BCUT2D eigenvalue weighted by Crippen LogP contribution is -2.48. The highest BCUT2D eigenvalue weighted by Gasteiger charge is 2.51. The van der Waals surface area contributed by atoms with Crippen LogP contribution < -0.4 is 10.5 Å². The molecule has 1 aliphatic heterocycles. The maximum absolute atomic E-state index is 14.0. The summed E-state index contributed by atoms with van der Waals surface area (Å²) in [5.74, 6) is 0.180. The Balaban J connectivity index is 1.87. The fourth-order valence-electron chi connectivity index (χ4n) is 3.22. The second-order valence-electron chi connectivity index (χ2n) is 6.85. The first-order chi connectivity index (χ1) is 14.2. The summed E-state index contributed by atoms with van der Waals surface area (Å²) in [6, 6.07) is 8.41. The zero-order valence-electron chi connectivity index (χ0n) is 15.9. The number of ketones is 1. The summed E-state index contributed by atoms with van der Waals surface area (Å²) in [6.07, 6.45) is -6.44. The number of pyridine rings is 1. The molecule has 2 N–H and O–H groups in total. The quantitative estimate of drug-likeness (QED) is 0.567. The van der Waals surface area contributed by atoms with Crippen molar-refractivity contribution in [1.82, 2.24) is 4.98 Å². The van der Waals surface area contributed by atoms with Gasteiger partial charge < -0.3 is 15.2 Å². The van der Waals surface area contributed by atoms with Gasteiger partial charge in [0.15, 0.2) is 11.9 Å². The van der Waals surface area contributed by atoms with Crippen molar-refractivity contribution in [2.24, 2.45) is 10.7 Å². The highest BCUT2D eigenvalue weighted by Crippen LogP contribution is 2.40. The Kier molecular flexibility index (Phi) is 5.95. The van der Waals surface area contributed by atoms with E-state index in [0.29, 0.717) is 11.3 Å². The van der Waals surface area contributed by atoms with Gasteiger partial charge in [0.1, 0.15) is 23.7 Å². The molecule has 6 nitrogen and oxygen atoms in total. The fourth-order valence-corrected chi connectivity index (χ4v) is 3.22. The predicted molar refractivity (Wildman–Crippen MR) is 100 cm³/mol. The number of benzene rings is 1. The molecule has 1 aromatic carbocycles. The zero-order valence-corrected chi connectivity index (χ0v) is 15.9. The van der Waals surface area contributed by atoms with Crippen molar-refractivity contribution < 1.29 is 31.8 Å². The van der Waals surface area contributed by atoms with Crippen LogP contribution >= 0.6 is 0 Å². The first kappa shape index (κ1) is 21.5. The van der Waals surface area contributed by atoms with Crippen molar-refractivity contribution in [1.29, 1.82) is 0 Å². The van der Waals surface area contributed by atoms with Crippen LogP contribution in [0.25, 0.3) is 0 Å². The number of hydrogen-bond acceptors (Lipinski definition) is 6. The Morgan fingerprint density at radius 1 is 1.33 bits per heavy atom. The molecule has 3 rings (SSSR count). The summed E-state index contributed by atoms with van der Waals surface area (Å²) < 4.78 is 63.1. The first-order valence-corrected chi connectivity index (χ1v) is 8.94. The van der Waals surface area contributed by atoms with Gasteiger partial charge in [-0.15, -0.1) is 0 Å². The molecule has 0 saturated heterocycles. The summed E-state index contributed by atoms with van der Waals surface area (Å²) >= 11 is 0. The first-order valence-electron chi connectivity index (χ1n) is 8.94. The van der Waals surface area contributed by atoms with Crippen molar-refractivity contribution in [2.45, 2.75) is 30.7 Å². The molecule has 2 heterocycles. The molecule has 1 aliphatic rings. The highest BCUT2D eigenvalue weighted by atomic mass is 19.4. The number of alkyl halides is 4. The molecule has 160 valence electrons. The lowest BCUT2D eigenvalue weighted by molar-refractivity contribution is -0.209. The molecular formula is C20H19F4N3O3. The molecule has 0 spiro atoms. The number of aromatic nitrogens is 1. The Bertz CT molecular complexity index is 947. The summed E-state index contributed by atoms with van der Waals surface area (Å²) in [6.45, 7) is -1.21. The van der Waals surface area contributed by atoms with Gasteiger partial charge in [0.05, 0.1) is 13.3 Å². The summed E-state index contributed by atoms with van der Waals surface area (Å²) in [5, 5.41) is 0. The monoisotopic (exact) mass is 425 g/mol. The number of hydrogen-bond donors (Lipinski definition) is 1. The second kappa shape index (κ2) is 8.29. The van der Waals surface area contributed by atoms with E-state index in [-0.39, 0.29) is 23.5 Å². The van der Waals surface area contributed by atoms with Gasteiger partial charge in [-0.05, 0) is 23.3 Å². The third-order valence-corrected chi connectivity index (χ3v) is 4.78. The van der Waals surface area contributed by atoms with E-state index >= 15 is 0 Å². The van der Waals surface area contributed by atoms with E-state index in [1.807, 2.05) is 0 Å². The molecule has 0 unspecified atom stereocenters. The van der Waals surface area contributed by atoms with Crippen LogP contribution in [0, 0.1) is 0 Å². The molecule has 10 heteroatoms. The van der Waals surface area contributed by atoms with Gasteiger partial charge >= 0.3 is 6.18 Å². The number of Topliss-reactive ketones (excluding diaryl/α,β-unsaturated/α-hetero) is 1. The van der Waals surface area contributed by atoms with E-state index in [1.165, 1.54) is 37.6 Å². The maximum Gasteiger partial charge on any atom is 0.425 e. The number of carbonyl (C=O) groups is 1. The summed E-state index contributed by atoms with van der Waals surface area (Å²) in [4.78, 5) is 20.4. The van der Waals surface area contributed by atoms with Gasteiger partial charge in [0, 0.05) is 12.8 Å². The largest absolute Gasteiger partial charge is 0.495 e. The fraction of sp³-hybridized carbons (Fsp3) is 0.350. The summed E-state index contributed by atoms with van der Waals surface area (Å²) in [7, 11) is 1.47. The average molecular weight is 425 g/mol. The molecule has 0 amide bonds. The minimum absolute atomic E-state index is 0.0755. The Morgan fingerprint density at radius 2 is 2.10 bits per heavy atom. The van der Waals surface area contributed by atoms with E-state index < -0.39 is 36.9 Å². The minimum atomic E-state index is -4.73. The van der Waals surface area contributed by atoms with Crippen LogP contribution in [0.3, 0.4) is 0 Å². The van der Waals surface area contributed by atoms with E-state index in [2.05, 4.69) is 14.7 Å². The zero-order chi connectivity index (χ0) is 21.9. The number of methoxy groups -OCH3 is 1. The molecular weight excluding hydrogens is 406 g/mol. The van der Waals surface area contributed by atoms with Crippen LogP contribution in [-0.2, 0) is 16.7 Å². The molecule has 0 saturated carbocycles. The lowest BCUT2D eigenvalue weighted by Gasteiger charge is -2.36. The van der Waals surface area contributed by atoms with Crippen LogP contribution in [0.2, 0.25) is 0 Å². The molecule has 2 aromatic rings. The van der Waals surface area contributed by atoms with Gasteiger partial charge in [-0.25, -0.2) is 14.4 Å². The molecule has 0 fully saturated rings. The maximum atomic E-state index is 14.0. The molecule has 0 bridgehead atoms. The topological polar surface area (TPSA) is 86.8 Å². The number of nitrogens with two attached hydrogens (primary N) is 1. The van der Waals surface area contributed by atoms with E-state index in [9.17, 15) is 22.4 Å². The number of nitrogens with zero attached hydrogens (tertiary/aromatic N) is 2. The van der Waals surface area contributed by atoms with Crippen LogP contribution in [0.15, 0.2) is 47.6 Å². The smallest absolute Gasteiger partial charge is 0.425 e. The van der Waals surface area contributed by atoms with Gasteiger partial charge in [-0.3, -0.25) is 4.79 Å². The van der Waals surface area contributed by atoms with Gasteiger partial charge in [-0.2, -0.15) is 13.2 Å². The molecule has 2 atom stereocenters. The van der Waals surface area contributed by atoms with Crippen molar-refractivity contribution in [3.05, 3.63) is 59.4 Å². The average Bonchev–Trinajstić information content (AvgIpc) is 2.72. The molecule has 0 aliphatic carbocycles. The number of aliphatic imine (C=N–C) groups is 1. The Morgan fingerprint density at radius 3 is 2.70 bits per heavy atom. The van der Waals surface area contributed by atoms with Crippen molar-refractivity contribution in [3.63, 3.8) is 0 Å². The normalized spacial score (nSPS) is 21.5. The Labute approximate surface area is 169 Å². The lowest BCUT2D eigenvalue weighted by atomic mass is 9.84. The van der Waals surface area contributed by atoms with Gasteiger partial charge in [0.25, 0.3) is 6.02 Å². The van der Waals surface area contributed by atoms with Crippen molar-refractivity contribution in [3.8, 4) is 5.75 Å². The van der Waals surface area contributed by atoms with Gasteiger partial charge in [-0.1, -0.05) is 24.3 Å². The Hall–Kier alpha value is -3.17. The number of halogens is 4. The number of amidine groups is 1. The number of carbonyl (C=O) groups excluding carboxylic acids is 1. The van der Waals surface area contributed by atoms with Gasteiger partial charge in [0.2, 0.25) is 0 Å². The van der Waals surface area contributed by atoms with E-state index in [0.717, 1.165) is 0 Å². The highest BCUT2D eigenvalue weighted by molar-refractivity contribution is 5.95. The SMILES string of the molecule is COc1ccc(C(=O)Cc2cccc([C@]3(CF)C[C@@H](C(F)(F)F)OC(N)=N3)c2)nc1. The van der Waals surface area contributed by atoms with Crippen molar-refractivity contribution in [2.75, 3.05) is 13.8 Å². The second-order valence-corrected chi connectivity index (χ2v) is 6.85. The molecule has 0 radical (unpaired) electrons. The number of rotatable bonds is 6. The molecule has 30 heavy (non-hydrogen) atoms. The van der Waals surface area contributed by atoms with Crippen molar-refractivity contribution >= 4 is 11.8 Å². The third-order valence-electron chi connectivity index (χ3n) is 4.78. The van der Waals surface area contributed by atoms with E-state index in [1.54, 1.807) is 12.1 Å². The predicted octanol–water partition coefficient (Wildman–Crippen LogP) is 3.35. The summed E-state index contributed by atoms with van der Waals surface area (Å²) in [5.41, 5.74) is 4.43. The molecule has 1 aromatic heterocycles. The third kappa shape index (κ3) is 4.52. The minimum Gasteiger partial charge on any atom is -0.495 e. The van der Waals surface area contributed by atoms with Crippen LogP contribution in [-0.4, -0.2) is 42.9 Å². The number of ether oxygens (including phenoxy) is 2. The van der Waals surface area contributed by atoms with Crippen LogP contribution in [0.1, 0.15) is 28.0 Å². The van der Waals surface area contributed by atoms with Crippen LogP contribution in [0.4, 0.5) is 17.6 Å². The standard InChI is InChI=1S/C20H19F4N3O3/c1-29-14-5-6-15(26-10-14)16(28)8-12-3-2-4-13(7-12)19(11-21)9-17(20(22,23)24)30-18(25)27-19/h2-7,10,17H,8-9,11H2,1H3,(H2,25,27)/t17-,19+/m0/s1. The van der Waals surface area contributed by atoms with E-state index in [4.69, 9.17) is 10.5 Å². The van der Waals surface area contributed by atoms with Crippen LogP contribution in [0.5, 0.6) is 5.75 Å².